The van der Waals surface area contributed by atoms with Gasteiger partial charge in [-0.2, -0.15) is 0 Å². The average Bonchev–Trinajstić information content (AvgIpc) is 2.59. The van der Waals surface area contributed by atoms with Crippen LogP contribution in [0.2, 0.25) is 0 Å². The third-order valence-electron chi connectivity index (χ3n) is 4.27. The number of nitrogens with zero attached hydrogens (tertiary/aromatic N) is 2. The Labute approximate surface area is 152 Å². The maximum absolute atomic E-state index is 13.9. The van der Waals surface area contributed by atoms with E-state index >= 15 is 0 Å². The molecule has 0 N–H and O–H groups in total. The molecule has 1 aromatic rings. The molecule has 0 bridgehead atoms. The normalized spacial score (nSPS) is 18.0. The van der Waals surface area contributed by atoms with Crippen LogP contribution in [-0.4, -0.2) is 63.3 Å². The summed E-state index contributed by atoms with van der Waals surface area (Å²) in [6, 6.07) is 2.88. The highest BCUT2D eigenvalue weighted by molar-refractivity contribution is 7.89. The van der Waals surface area contributed by atoms with Gasteiger partial charge in [0.1, 0.15) is 5.82 Å². The Morgan fingerprint density at radius 3 is 2.65 bits per heavy atom. The summed E-state index contributed by atoms with van der Waals surface area (Å²) < 4.78 is 44.0. The molecule has 0 aliphatic carbocycles. The first-order chi connectivity index (χ1) is 12.1. The third-order valence-corrected chi connectivity index (χ3v) is 6.08. The van der Waals surface area contributed by atoms with Crippen molar-refractivity contribution in [3.8, 4) is 0 Å². The number of amides is 1. The molecule has 1 aliphatic rings. The molecule has 0 spiro atoms. The lowest BCUT2D eigenvalue weighted by Gasteiger charge is -2.30. The molecule has 9 heteroatoms. The molecule has 1 atom stereocenters. The number of rotatable bonds is 5. The highest BCUT2D eigenvalue weighted by atomic mass is 32.2. The molecule has 1 aromatic carbocycles. The lowest BCUT2D eigenvalue weighted by atomic mass is 10.0. The van der Waals surface area contributed by atoms with Gasteiger partial charge in [-0.3, -0.25) is 4.79 Å². The number of sulfonamides is 1. The van der Waals surface area contributed by atoms with Gasteiger partial charge in [-0.05, 0) is 37.0 Å². The fourth-order valence-corrected chi connectivity index (χ4v) is 3.67. The minimum Gasteiger partial charge on any atom is -0.452 e. The van der Waals surface area contributed by atoms with Crippen molar-refractivity contribution in [2.45, 2.75) is 24.7 Å². The van der Waals surface area contributed by atoms with Crippen LogP contribution in [0.15, 0.2) is 23.1 Å². The van der Waals surface area contributed by atoms with Crippen molar-refractivity contribution < 1.29 is 27.1 Å². The lowest BCUT2D eigenvalue weighted by Crippen LogP contribution is -2.41. The van der Waals surface area contributed by atoms with E-state index in [0.717, 1.165) is 35.3 Å². The van der Waals surface area contributed by atoms with Crippen molar-refractivity contribution in [2.75, 3.05) is 33.8 Å². The van der Waals surface area contributed by atoms with Gasteiger partial charge in [-0.1, -0.05) is 6.92 Å². The maximum Gasteiger partial charge on any atom is 0.341 e. The second kappa shape index (κ2) is 8.13. The Morgan fingerprint density at radius 2 is 2.04 bits per heavy atom. The van der Waals surface area contributed by atoms with E-state index in [1.165, 1.54) is 14.1 Å². The fourth-order valence-electron chi connectivity index (χ4n) is 2.74. The first-order valence-electron chi connectivity index (χ1n) is 8.30. The van der Waals surface area contributed by atoms with E-state index in [9.17, 15) is 22.4 Å². The Hall–Kier alpha value is -2.00. The first kappa shape index (κ1) is 20.3. The molecule has 2 rings (SSSR count). The van der Waals surface area contributed by atoms with E-state index in [0.29, 0.717) is 19.0 Å². The van der Waals surface area contributed by atoms with Gasteiger partial charge in [0.05, 0.1) is 10.5 Å². The second-order valence-electron chi connectivity index (χ2n) is 6.59. The van der Waals surface area contributed by atoms with Gasteiger partial charge in [-0.25, -0.2) is 21.9 Å². The predicted octanol–water partition coefficient (Wildman–Crippen LogP) is 1.49. The van der Waals surface area contributed by atoms with Gasteiger partial charge in [-0.15, -0.1) is 0 Å². The number of ether oxygens (including phenoxy) is 1. The van der Waals surface area contributed by atoms with Crippen LogP contribution in [-0.2, 0) is 19.6 Å². The highest BCUT2D eigenvalue weighted by Crippen LogP contribution is 2.19. The number of carbonyl (C=O) groups excluding carboxylic acids is 2. The minimum atomic E-state index is -3.82. The van der Waals surface area contributed by atoms with Crippen LogP contribution in [0.5, 0.6) is 0 Å². The van der Waals surface area contributed by atoms with Gasteiger partial charge in [0.2, 0.25) is 10.0 Å². The first-order valence-corrected chi connectivity index (χ1v) is 9.74. The van der Waals surface area contributed by atoms with Crippen molar-refractivity contribution in [3.05, 3.63) is 29.6 Å². The number of piperidine rings is 1. The number of carbonyl (C=O) groups is 2. The van der Waals surface area contributed by atoms with E-state index in [-0.39, 0.29) is 10.8 Å². The summed E-state index contributed by atoms with van der Waals surface area (Å²) in [5.74, 6) is -1.94. The molecule has 7 nitrogen and oxygen atoms in total. The van der Waals surface area contributed by atoms with Crippen LogP contribution >= 0.6 is 0 Å². The summed E-state index contributed by atoms with van der Waals surface area (Å²) in [6.45, 7) is 2.74. The zero-order valence-electron chi connectivity index (χ0n) is 15.1. The Morgan fingerprint density at radius 1 is 1.35 bits per heavy atom. The molecule has 1 aliphatic heterocycles. The van der Waals surface area contributed by atoms with E-state index in [1.54, 1.807) is 4.90 Å². The van der Waals surface area contributed by atoms with Crippen LogP contribution in [0.4, 0.5) is 4.39 Å². The minimum absolute atomic E-state index is 0.230. The number of benzene rings is 1. The van der Waals surface area contributed by atoms with E-state index in [2.05, 4.69) is 0 Å². The summed E-state index contributed by atoms with van der Waals surface area (Å²) in [7, 11) is -1.16. The van der Waals surface area contributed by atoms with Crippen molar-refractivity contribution in [1.29, 1.82) is 0 Å². The van der Waals surface area contributed by atoms with Crippen LogP contribution in [0.25, 0.3) is 0 Å². The van der Waals surface area contributed by atoms with Crippen LogP contribution in [0.3, 0.4) is 0 Å². The Balaban J connectivity index is 2.08. The largest absolute Gasteiger partial charge is 0.452 e. The second-order valence-corrected chi connectivity index (χ2v) is 8.74. The highest BCUT2D eigenvalue weighted by Gasteiger charge is 2.25. The van der Waals surface area contributed by atoms with Crippen molar-refractivity contribution >= 4 is 21.9 Å². The smallest absolute Gasteiger partial charge is 0.341 e. The van der Waals surface area contributed by atoms with Gasteiger partial charge >= 0.3 is 5.97 Å². The summed E-state index contributed by atoms with van der Waals surface area (Å²) in [5, 5.41) is 0. The molecule has 0 aromatic heterocycles. The van der Waals surface area contributed by atoms with E-state index in [4.69, 9.17) is 4.74 Å². The lowest BCUT2D eigenvalue weighted by molar-refractivity contribution is -0.136. The summed E-state index contributed by atoms with van der Waals surface area (Å²) in [5.41, 5.74) is -0.521. The quantitative estimate of drug-likeness (QED) is 0.716. The van der Waals surface area contributed by atoms with Gasteiger partial charge < -0.3 is 9.64 Å². The average molecular weight is 386 g/mol. The molecule has 1 amide bonds. The van der Waals surface area contributed by atoms with Crippen molar-refractivity contribution in [3.63, 3.8) is 0 Å². The predicted molar refractivity (Wildman–Crippen MR) is 92.5 cm³/mol. The Bertz CT molecular complexity index is 794. The molecular weight excluding hydrogens is 363 g/mol. The van der Waals surface area contributed by atoms with Crippen LogP contribution < -0.4 is 0 Å². The van der Waals surface area contributed by atoms with Gasteiger partial charge in [0, 0.05) is 27.2 Å². The molecule has 0 radical (unpaired) electrons. The molecule has 1 heterocycles. The number of esters is 1. The zero-order chi connectivity index (χ0) is 19.5. The molecule has 0 unspecified atom stereocenters. The maximum atomic E-state index is 13.9. The van der Waals surface area contributed by atoms with E-state index in [1.807, 2.05) is 6.92 Å². The Kier molecular flexibility index (Phi) is 6.35. The molecule has 1 fully saturated rings. The number of halogens is 1. The molecule has 26 heavy (non-hydrogen) atoms. The SMILES string of the molecule is C[C@H]1CCCN(C(=O)COC(=O)c2cc(S(=O)(=O)N(C)C)ccc2F)C1. The number of likely N-dealkylation sites (tertiary alicyclic amines) is 1. The molecular formula is C17H23FN2O5S. The number of hydrogen-bond acceptors (Lipinski definition) is 5. The third kappa shape index (κ3) is 4.59. The molecule has 1 saturated heterocycles. The van der Waals surface area contributed by atoms with E-state index < -0.39 is 34.0 Å². The fraction of sp³-hybridized carbons (Fsp3) is 0.529. The summed E-state index contributed by atoms with van der Waals surface area (Å²) in [6.07, 6.45) is 1.93. The summed E-state index contributed by atoms with van der Waals surface area (Å²) >= 11 is 0. The molecule has 144 valence electrons. The molecule has 0 saturated carbocycles. The van der Waals surface area contributed by atoms with Crippen molar-refractivity contribution in [1.82, 2.24) is 9.21 Å². The summed E-state index contributed by atoms with van der Waals surface area (Å²) in [4.78, 5) is 25.6. The zero-order valence-corrected chi connectivity index (χ0v) is 15.9. The number of hydrogen-bond donors (Lipinski definition) is 0. The topological polar surface area (TPSA) is 84.0 Å². The van der Waals surface area contributed by atoms with Gasteiger partial charge in [0.15, 0.2) is 6.61 Å². The van der Waals surface area contributed by atoms with Crippen molar-refractivity contribution in [2.24, 2.45) is 5.92 Å². The van der Waals surface area contributed by atoms with Crippen LogP contribution in [0.1, 0.15) is 30.1 Å². The van der Waals surface area contributed by atoms with Crippen LogP contribution in [0, 0.1) is 11.7 Å². The standard InChI is InChI=1S/C17H23FN2O5S/c1-12-5-4-8-20(10-12)16(21)11-25-17(22)14-9-13(6-7-15(14)18)26(23,24)19(2)3/h6-7,9,12H,4-5,8,10-11H2,1-3H3/t12-/m0/s1. The monoisotopic (exact) mass is 386 g/mol. The van der Waals surface area contributed by atoms with Gasteiger partial charge in [0.25, 0.3) is 5.91 Å².